The maximum Gasteiger partial charge on any atom is 0.264 e. The van der Waals surface area contributed by atoms with Crippen molar-refractivity contribution in [3.05, 3.63) is 94.1 Å². The van der Waals surface area contributed by atoms with Crippen LogP contribution in [0.5, 0.6) is 11.5 Å². The number of unbranched alkanes of at least 4 members (excludes halogenated alkanes) is 4. The zero-order valence-electron chi connectivity index (χ0n) is 39.9. The van der Waals surface area contributed by atoms with Crippen molar-refractivity contribution in [3.8, 4) is 21.9 Å². The van der Waals surface area contributed by atoms with Gasteiger partial charge in [0, 0.05) is 32.2 Å². The molecule has 3 aromatic carbocycles. The molecule has 1 aromatic heterocycles. The Morgan fingerprint density at radius 2 is 1.69 bits per heavy atom. The minimum atomic E-state index is -3.70. The summed E-state index contributed by atoms with van der Waals surface area (Å²) < 4.78 is 36.4. The number of aliphatic hydroxyl groups is 1. The highest BCUT2D eigenvalue weighted by Gasteiger charge is 2.45. The summed E-state index contributed by atoms with van der Waals surface area (Å²) in [4.78, 5) is 76.5. The molecule has 6 rings (SSSR count). The van der Waals surface area contributed by atoms with Gasteiger partial charge in [0.05, 0.1) is 70.6 Å². The summed E-state index contributed by atoms with van der Waals surface area (Å²) in [7, 11) is -2.23. The maximum absolute atomic E-state index is 14.1. The number of hydrogen-bond donors (Lipinski definition) is 4. The molecule has 1 unspecified atom stereocenters. The fourth-order valence-electron chi connectivity index (χ4n) is 8.76. The van der Waals surface area contributed by atoms with Crippen LogP contribution >= 0.6 is 11.3 Å². The number of aromatic nitrogens is 1. The first-order valence-electron chi connectivity index (χ1n) is 23.1. The highest BCUT2D eigenvalue weighted by Crippen LogP contribution is 2.39. The number of ether oxygens (including phenoxy) is 2. The molecular formula is C50H64N6O10S2. The molecule has 5 amide bonds. The van der Waals surface area contributed by atoms with Crippen LogP contribution in [0, 0.1) is 12.3 Å². The molecule has 0 radical (unpaired) electrons. The van der Waals surface area contributed by atoms with Gasteiger partial charge in [-0.05, 0) is 79.6 Å². The van der Waals surface area contributed by atoms with Crippen LogP contribution in [0.3, 0.4) is 0 Å². The molecule has 16 nitrogen and oxygen atoms in total. The maximum atomic E-state index is 14.1. The number of anilines is 1. The molecule has 0 saturated carbocycles. The first-order valence-corrected chi connectivity index (χ1v) is 26.0. The number of amides is 5. The molecule has 68 heavy (non-hydrogen) atoms. The molecule has 1 saturated heterocycles. The summed E-state index contributed by atoms with van der Waals surface area (Å²) in [5, 5.41) is 19.8. The van der Waals surface area contributed by atoms with Crippen LogP contribution < -0.4 is 25.4 Å². The third kappa shape index (κ3) is 12.7. The van der Waals surface area contributed by atoms with E-state index in [2.05, 4.69) is 20.9 Å². The van der Waals surface area contributed by atoms with Gasteiger partial charge < -0.3 is 35.4 Å². The SMILES string of the molecule is CCOc1cc([C@@H](CS(C)(=O)=O)N2C(=O)c3cccc(NC(=O)CCCCCCCNC(C(=O)N4C[C@H](O)C[C@H]4C(=O)NCc4ccc(-c5scnc5C)cc4)C(C)(C)C)c3C2=O)ccc1OC. The standard InChI is InChI=1S/C50H64N6O10S2/c1-8-66-41-25-34(22-23-40(41)65-6)39(29-68(7,63)64)56-47(60)36-15-14-16-37(43(36)48(56)61)54-42(58)17-12-10-9-11-13-24-51-45(50(3,4)5)49(62)55-28-35(57)26-38(55)46(59)52-27-32-18-20-33(21-19-32)44-31(2)53-30-67-44/h14-16,18-23,25,30,35,38-39,45,51,57H,8-13,17,24,26-29H2,1-7H3,(H,52,59)(H,54,58)/t35-,38+,39-,45?/m1/s1. The monoisotopic (exact) mass is 972 g/mol. The molecule has 2 aliphatic heterocycles. The summed E-state index contributed by atoms with van der Waals surface area (Å²) in [5.74, 6) is -2.03. The average molecular weight is 973 g/mol. The Bertz CT molecular complexity index is 2570. The molecule has 366 valence electrons. The van der Waals surface area contributed by atoms with Crippen molar-refractivity contribution in [2.24, 2.45) is 5.41 Å². The van der Waals surface area contributed by atoms with E-state index < -0.39 is 57.0 Å². The second-order valence-electron chi connectivity index (χ2n) is 18.6. The van der Waals surface area contributed by atoms with E-state index in [-0.39, 0.29) is 60.5 Å². The van der Waals surface area contributed by atoms with E-state index in [1.165, 1.54) is 18.1 Å². The average Bonchev–Trinajstić information content (AvgIpc) is 3.98. The largest absolute Gasteiger partial charge is 0.493 e. The summed E-state index contributed by atoms with van der Waals surface area (Å²) in [6.07, 6.45) is 4.33. The normalized spacial score (nSPS) is 16.9. The van der Waals surface area contributed by atoms with Gasteiger partial charge in [-0.2, -0.15) is 0 Å². The van der Waals surface area contributed by atoms with Gasteiger partial charge >= 0.3 is 0 Å². The number of thiazole rings is 1. The molecule has 2 aliphatic rings. The molecule has 0 aliphatic carbocycles. The minimum absolute atomic E-state index is 0.00221. The molecule has 0 bridgehead atoms. The van der Waals surface area contributed by atoms with E-state index >= 15 is 0 Å². The first kappa shape index (κ1) is 51.7. The van der Waals surface area contributed by atoms with E-state index in [9.17, 15) is 37.5 Å². The molecule has 4 N–H and O–H groups in total. The van der Waals surface area contributed by atoms with Gasteiger partial charge in [0.25, 0.3) is 11.8 Å². The molecule has 18 heteroatoms. The van der Waals surface area contributed by atoms with Crippen LogP contribution in [0.1, 0.15) is 116 Å². The van der Waals surface area contributed by atoms with Gasteiger partial charge in [-0.1, -0.05) is 76.4 Å². The van der Waals surface area contributed by atoms with Crippen molar-refractivity contribution in [2.75, 3.05) is 44.1 Å². The zero-order valence-corrected chi connectivity index (χ0v) is 41.6. The predicted molar refractivity (Wildman–Crippen MR) is 261 cm³/mol. The van der Waals surface area contributed by atoms with Crippen LogP contribution in [-0.4, -0.2) is 115 Å². The second-order valence-corrected chi connectivity index (χ2v) is 21.6. The van der Waals surface area contributed by atoms with Crippen molar-refractivity contribution in [1.29, 1.82) is 0 Å². The molecule has 4 aromatic rings. The third-order valence-corrected chi connectivity index (χ3v) is 14.1. The Morgan fingerprint density at radius 1 is 0.971 bits per heavy atom. The number of rotatable bonds is 22. The lowest BCUT2D eigenvalue weighted by molar-refractivity contribution is -0.142. The van der Waals surface area contributed by atoms with Crippen LogP contribution in [0.2, 0.25) is 0 Å². The number of aryl methyl sites for hydroxylation is 1. The van der Waals surface area contributed by atoms with Crippen molar-refractivity contribution in [1.82, 2.24) is 25.4 Å². The Kier molecular flexibility index (Phi) is 17.2. The van der Waals surface area contributed by atoms with E-state index in [4.69, 9.17) is 9.47 Å². The molecule has 0 spiro atoms. The van der Waals surface area contributed by atoms with Crippen LogP contribution in [0.25, 0.3) is 10.4 Å². The van der Waals surface area contributed by atoms with E-state index in [0.717, 1.165) is 58.5 Å². The Labute approximate surface area is 403 Å². The first-order chi connectivity index (χ1) is 32.3. The number of carbonyl (C=O) groups excluding carboxylic acids is 5. The Morgan fingerprint density at radius 3 is 2.35 bits per heavy atom. The summed E-state index contributed by atoms with van der Waals surface area (Å²) in [6.45, 7) is 10.9. The molecular weight excluding hydrogens is 909 g/mol. The van der Waals surface area contributed by atoms with Crippen LogP contribution in [0.4, 0.5) is 5.69 Å². The third-order valence-electron chi connectivity index (χ3n) is 12.2. The number of nitrogens with one attached hydrogen (secondary N) is 3. The number of hydrogen-bond acceptors (Lipinski definition) is 13. The Balaban J connectivity index is 0.964. The van der Waals surface area contributed by atoms with E-state index in [0.29, 0.717) is 36.6 Å². The van der Waals surface area contributed by atoms with Crippen molar-refractivity contribution < 1.29 is 47.0 Å². The highest BCUT2D eigenvalue weighted by molar-refractivity contribution is 7.90. The number of fused-ring (bicyclic) bond motifs is 1. The van der Waals surface area contributed by atoms with Gasteiger partial charge in [0.1, 0.15) is 15.9 Å². The lowest BCUT2D eigenvalue weighted by atomic mass is 9.85. The summed E-state index contributed by atoms with van der Waals surface area (Å²) in [5.41, 5.74) is 4.89. The number of carbonyl (C=O) groups is 5. The van der Waals surface area contributed by atoms with Gasteiger partial charge in [0.2, 0.25) is 17.7 Å². The number of likely N-dealkylation sites (tertiary alicyclic amines) is 1. The number of methoxy groups -OCH3 is 1. The van der Waals surface area contributed by atoms with Gasteiger partial charge in [-0.3, -0.25) is 28.9 Å². The Hall–Kier alpha value is -5.69. The second kappa shape index (κ2) is 22.6. The number of nitrogens with zero attached hydrogens (tertiary/aromatic N) is 3. The number of aliphatic hydroxyl groups excluding tert-OH is 1. The fourth-order valence-corrected chi connectivity index (χ4v) is 10.5. The zero-order chi connectivity index (χ0) is 49.3. The van der Waals surface area contributed by atoms with E-state index in [1.807, 2.05) is 57.5 Å². The lowest BCUT2D eigenvalue weighted by Crippen LogP contribution is -2.56. The van der Waals surface area contributed by atoms with Crippen LogP contribution in [-0.2, 0) is 30.8 Å². The lowest BCUT2D eigenvalue weighted by Gasteiger charge is -2.35. The topological polar surface area (TPSA) is 214 Å². The van der Waals surface area contributed by atoms with Gasteiger partial charge in [0.15, 0.2) is 11.5 Å². The summed E-state index contributed by atoms with van der Waals surface area (Å²) >= 11 is 1.58. The predicted octanol–water partition coefficient (Wildman–Crippen LogP) is 6.47. The number of benzene rings is 3. The van der Waals surface area contributed by atoms with Crippen molar-refractivity contribution in [3.63, 3.8) is 0 Å². The quantitative estimate of drug-likeness (QED) is 0.0493. The molecule has 4 atom stereocenters. The highest BCUT2D eigenvalue weighted by atomic mass is 32.2. The van der Waals surface area contributed by atoms with Crippen molar-refractivity contribution >= 4 is 56.4 Å². The smallest absolute Gasteiger partial charge is 0.264 e. The number of sulfone groups is 1. The molecule has 1 fully saturated rings. The van der Waals surface area contributed by atoms with E-state index in [1.54, 1.807) is 48.6 Å². The summed E-state index contributed by atoms with van der Waals surface area (Å²) in [6, 6.07) is 14.7. The van der Waals surface area contributed by atoms with Gasteiger partial charge in [-0.25, -0.2) is 13.4 Å². The molecule has 3 heterocycles. The minimum Gasteiger partial charge on any atom is -0.493 e. The fraction of sp³-hybridized carbons (Fsp3) is 0.480. The van der Waals surface area contributed by atoms with Crippen molar-refractivity contribution in [2.45, 2.75) is 110 Å². The van der Waals surface area contributed by atoms with Gasteiger partial charge in [-0.15, -0.1) is 11.3 Å². The number of β-amino-alcohol motifs (C(OH)–C–C–N with tert-alkyl or cyclic N) is 1. The number of imide groups is 1. The van der Waals surface area contributed by atoms with Crippen LogP contribution in [0.15, 0.2) is 66.2 Å².